The smallest absolute Gasteiger partial charge is 0.146 e. The molecule has 0 unspecified atom stereocenters. The lowest BCUT2D eigenvalue weighted by atomic mass is 10.2. The number of nitrogen functional groups attached to an aromatic ring is 1. The fourth-order valence-electron chi connectivity index (χ4n) is 2.72. The van der Waals surface area contributed by atoms with Gasteiger partial charge in [0.25, 0.3) is 0 Å². The summed E-state index contributed by atoms with van der Waals surface area (Å²) in [6.45, 7) is 2.09. The second kappa shape index (κ2) is 3.85. The van der Waals surface area contributed by atoms with Gasteiger partial charge >= 0.3 is 0 Å². The van der Waals surface area contributed by atoms with Gasteiger partial charge in [-0.2, -0.15) is 5.10 Å². The topological polar surface area (TPSA) is 61.7 Å². The minimum absolute atomic E-state index is 0.553. The SMILES string of the molecule is Cc1ccc2c(c1)nc(-c1cnn(C)c1N)n2C1CC1. The standard InChI is InChI=1S/C15H17N5/c1-9-3-6-13-12(7-9)18-15(20(13)10-4-5-10)11-8-17-19(2)14(11)16/h3,6-8,10H,4-5,16H2,1-2H3. The average Bonchev–Trinajstić information content (AvgIpc) is 3.12. The Kier molecular flexibility index (Phi) is 2.22. The van der Waals surface area contributed by atoms with Gasteiger partial charge in [0, 0.05) is 13.1 Å². The second-order valence-corrected chi connectivity index (χ2v) is 5.60. The van der Waals surface area contributed by atoms with Gasteiger partial charge in [0.05, 0.1) is 22.8 Å². The van der Waals surface area contributed by atoms with E-state index in [1.54, 1.807) is 4.68 Å². The predicted octanol–water partition coefficient (Wildman–Crippen LogP) is 2.66. The van der Waals surface area contributed by atoms with Crippen LogP contribution in [0.1, 0.15) is 24.4 Å². The van der Waals surface area contributed by atoms with Crippen LogP contribution >= 0.6 is 0 Å². The van der Waals surface area contributed by atoms with Gasteiger partial charge in [-0.1, -0.05) is 6.07 Å². The maximum Gasteiger partial charge on any atom is 0.146 e. The molecule has 5 heteroatoms. The Morgan fingerprint density at radius 2 is 2.10 bits per heavy atom. The number of nitrogens with two attached hydrogens (primary N) is 1. The number of aryl methyl sites for hydroxylation is 2. The summed E-state index contributed by atoms with van der Waals surface area (Å²) in [7, 11) is 1.85. The molecule has 4 rings (SSSR count). The number of hydrogen-bond donors (Lipinski definition) is 1. The molecule has 2 heterocycles. The summed E-state index contributed by atoms with van der Waals surface area (Å²) in [5, 5.41) is 4.24. The van der Waals surface area contributed by atoms with Crippen molar-refractivity contribution in [3.63, 3.8) is 0 Å². The molecule has 20 heavy (non-hydrogen) atoms. The van der Waals surface area contributed by atoms with E-state index >= 15 is 0 Å². The van der Waals surface area contributed by atoms with Crippen LogP contribution in [0.3, 0.4) is 0 Å². The summed E-state index contributed by atoms with van der Waals surface area (Å²) < 4.78 is 4.01. The molecule has 102 valence electrons. The van der Waals surface area contributed by atoms with Gasteiger partial charge in [0.1, 0.15) is 11.6 Å². The summed E-state index contributed by atoms with van der Waals surface area (Å²) in [6.07, 6.45) is 4.24. The number of benzene rings is 1. The molecule has 0 saturated heterocycles. The molecule has 2 N–H and O–H groups in total. The molecule has 1 saturated carbocycles. The van der Waals surface area contributed by atoms with Crippen LogP contribution in [0.5, 0.6) is 0 Å². The van der Waals surface area contributed by atoms with Crippen molar-refractivity contribution in [2.75, 3.05) is 5.73 Å². The summed E-state index contributed by atoms with van der Waals surface area (Å²) in [5.74, 6) is 1.61. The van der Waals surface area contributed by atoms with E-state index in [4.69, 9.17) is 10.7 Å². The maximum atomic E-state index is 6.12. The van der Waals surface area contributed by atoms with Gasteiger partial charge in [-0.3, -0.25) is 4.68 Å². The van der Waals surface area contributed by atoms with Crippen molar-refractivity contribution in [2.24, 2.45) is 7.05 Å². The van der Waals surface area contributed by atoms with Gasteiger partial charge in [-0.25, -0.2) is 4.98 Å². The van der Waals surface area contributed by atoms with E-state index in [-0.39, 0.29) is 0 Å². The third kappa shape index (κ3) is 1.56. The quantitative estimate of drug-likeness (QED) is 0.776. The van der Waals surface area contributed by atoms with Crippen LogP contribution < -0.4 is 5.73 Å². The maximum absolute atomic E-state index is 6.12. The van der Waals surface area contributed by atoms with Crippen molar-refractivity contribution in [1.82, 2.24) is 19.3 Å². The first-order chi connectivity index (χ1) is 9.65. The van der Waals surface area contributed by atoms with Gasteiger partial charge in [0.2, 0.25) is 0 Å². The molecule has 1 aliphatic rings. The highest BCUT2D eigenvalue weighted by Gasteiger charge is 2.29. The Morgan fingerprint density at radius 1 is 1.30 bits per heavy atom. The van der Waals surface area contributed by atoms with Crippen molar-refractivity contribution in [3.8, 4) is 11.4 Å². The third-order valence-corrected chi connectivity index (χ3v) is 3.98. The van der Waals surface area contributed by atoms with E-state index in [9.17, 15) is 0 Å². The summed E-state index contributed by atoms with van der Waals surface area (Å²) in [6, 6.07) is 6.98. The molecule has 0 amide bonds. The monoisotopic (exact) mass is 267 g/mol. The van der Waals surface area contributed by atoms with Crippen molar-refractivity contribution in [1.29, 1.82) is 0 Å². The molecule has 0 spiro atoms. The van der Waals surface area contributed by atoms with E-state index in [0.29, 0.717) is 11.9 Å². The predicted molar refractivity (Wildman–Crippen MR) is 79.4 cm³/mol. The molecule has 2 aromatic heterocycles. The number of anilines is 1. The molecular weight excluding hydrogens is 250 g/mol. The number of aromatic nitrogens is 4. The van der Waals surface area contributed by atoms with E-state index < -0.39 is 0 Å². The third-order valence-electron chi connectivity index (χ3n) is 3.98. The van der Waals surface area contributed by atoms with Crippen LogP contribution in [0.15, 0.2) is 24.4 Å². The Labute approximate surface area is 117 Å². The zero-order chi connectivity index (χ0) is 13.9. The minimum atomic E-state index is 0.553. The van der Waals surface area contributed by atoms with Crippen LogP contribution in [0.4, 0.5) is 5.82 Å². The fraction of sp³-hybridized carbons (Fsp3) is 0.333. The van der Waals surface area contributed by atoms with Crippen molar-refractivity contribution in [2.45, 2.75) is 25.8 Å². The Hall–Kier alpha value is -2.30. The zero-order valence-corrected chi connectivity index (χ0v) is 11.7. The van der Waals surface area contributed by atoms with Gasteiger partial charge in [-0.05, 0) is 37.5 Å². The molecule has 3 aromatic rings. The lowest BCUT2D eigenvalue weighted by Crippen LogP contribution is -2.01. The molecule has 1 fully saturated rings. The Bertz CT molecular complexity index is 807. The van der Waals surface area contributed by atoms with Crippen LogP contribution in [-0.4, -0.2) is 19.3 Å². The largest absolute Gasteiger partial charge is 0.383 e. The van der Waals surface area contributed by atoms with Gasteiger partial charge in [0.15, 0.2) is 0 Å². The summed E-state index contributed by atoms with van der Waals surface area (Å²) >= 11 is 0. The first-order valence-corrected chi connectivity index (χ1v) is 6.91. The minimum Gasteiger partial charge on any atom is -0.383 e. The molecule has 5 nitrogen and oxygen atoms in total. The number of hydrogen-bond acceptors (Lipinski definition) is 3. The van der Waals surface area contributed by atoms with Gasteiger partial charge < -0.3 is 10.3 Å². The Balaban J connectivity index is 2.03. The number of fused-ring (bicyclic) bond motifs is 1. The highest BCUT2D eigenvalue weighted by atomic mass is 15.3. The fourth-order valence-corrected chi connectivity index (χ4v) is 2.72. The Morgan fingerprint density at radius 3 is 2.75 bits per heavy atom. The lowest BCUT2D eigenvalue weighted by molar-refractivity contribution is 0.773. The molecule has 1 aromatic carbocycles. The van der Waals surface area contributed by atoms with Crippen LogP contribution in [0.2, 0.25) is 0 Å². The molecule has 0 bridgehead atoms. The van der Waals surface area contributed by atoms with Crippen molar-refractivity contribution in [3.05, 3.63) is 30.0 Å². The molecule has 0 radical (unpaired) electrons. The number of nitrogens with zero attached hydrogens (tertiary/aromatic N) is 4. The number of imidazole rings is 1. The lowest BCUT2D eigenvalue weighted by Gasteiger charge is -2.07. The number of rotatable bonds is 2. The van der Waals surface area contributed by atoms with Crippen LogP contribution in [0.25, 0.3) is 22.4 Å². The first kappa shape index (κ1) is 11.5. The second-order valence-electron chi connectivity index (χ2n) is 5.60. The first-order valence-electron chi connectivity index (χ1n) is 6.91. The van der Waals surface area contributed by atoms with Crippen LogP contribution in [-0.2, 0) is 7.05 Å². The van der Waals surface area contributed by atoms with E-state index in [2.05, 4.69) is 34.8 Å². The van der Waals surface area contributed by atoms with E-state index in [0.717, 1.165) is 16.9 Å². The highest BCUT2D eigenvalue weighted by molar-refractivity contribution is 5.83. The summed E-state index contributed by atoms with van der Waals surface area (Å²) in [4.78, 5) is 4.81. The van der Waals surface area contributed by atoms with Gasteiger partial charge in [-0.15, -0.1) is 0 Å². The molecular formula is C15H17N5. The molecule has 1 aliphatic carbocycles. The van der Waals surface area contributed by atoms with E-state index in [1.165, 1.54) is 23.9 Å². The summed E-state index contributed by atoms with van der Waals surface area (Å²) in [5.41, 5.74) is 10.5. The molecule has 0 atom stereocenters. The zero-order valence-electron chi connectivity index (χ0n) is 11.7. The normalized spacial score (nSPS) is 15.1. The van der Waals surface area contributed by atoms with E-state index in [1.807, 2.05) is 13.2 Å². The van der Waals surface area contributed by atoms with Crippen molar-refractivity contribution < 1.29 is 0 Å². The molecule has 0 aliphatic heterocycles. The van der Waals surface area contributed by atoms with Crippen molar-refractivity contribution >= 4 is 16.9 Å². The average molecular weight is 267 g/mol. The highest BCUT2D eigenvalue weighted by Crippen LogP contribution is 2.42. The van der Waals surface area contributed by atoms with Crippen LogP contribution in [0, 0.1) is 6.92 Å².